The lowest BCUT2D eigenvalue weighted by molar-refractivity contribution is 0.00681. The fourth-order valence-electron chi connectivity index (χ4n) is 2.26. The van der Waals surface area contributed by atoms with Gasteiger partial charge in [0.05, 0.1) is 0 Å². The quantitative estimate of drug-likeness (QED) is 0.808. The van der Waals surface area contributed by atoms with Crippen LogP contribution in [0.5, 0.6) is 0 Å². The van der Waals surface area contributed by atoms with Crippen LogP contribution in [-0.2, 0) is 4.74 Å². The first-order valence-electron chi connectivity index (χ1n) is 6.54. The molecule has 0 unspecified atom stereocenters. The van der Waals surface area contributed by atoms with Gasteiger partial charge in [-0.25, -0.2) is 4.79 Å². The highest BCUT2D eigenvalue weighted by molar-refractivity contribution is 5.68. The van der Waals surface area contributed by atoms with E-state index in [0.29, 0.717) is 12.1 Å². The van der Waals surface area contributed by atoms with E-state index in [4.69, 9.17) is 4.74 Å². The monoisotopic (exact) mass is 242 g/mol. The van der Waals surface area contributed by atoms with Crippen LogP contribution in [0.15, 0.2) is 0 Å². The third-order valence-corrected chi connectivity index (χ3v) is 3.22. The second-order valence-electron chi connectivity index (χ2n) is 5.75. The summed E-state index contributed by atoms with van der Waals surface area (Å²) in [5.41, 5.74) is -0.408. The van der Waals surface area contributed by atoms with Crippen molar-refractivity contribution in [1.29, 1.82) is 0 Å². The average molecular weight is 242 g/mol. The number of piperidine rings is 1. The first-order valence-corrected chi connectivity index (χ1v) is 6.54. The number of nitrogens with one attached hydrogen (secondary N) is 1. The number of ether oxygens (including phenoxy) is 1. The Bertz CT molecular complexity index is 261. The highest BCUT2D eigenvalue weighted by Gasteiger charge is 2.32. The number of rotatable bonds is 2. The molecule has 1 aliphatic heterocycles. The average Bonchev–Trinajstić information content (AvgIpc) is 2.25. The smallest absolute Gasteiger partial charge is 0.410 e. The van der Waals surface area contributed by atoms with Gasteiger partial charge in [-0.3, -0.25) is 0 Å². The van der Waals surface area contributed by atoms with Gasteiger partial charge in [-0.1, -0.05) is 6.92 Å². The minimum absolute atomic E-state index is 0.168. The Kier molecular flexibility index (Phi) is 4.80. The Morgan fingerprint density at radius 2 is 2.12 bits per heavy atom. The van der Waals surface area contributed by atoms with Crippen molar-refractivity contribution >= 4 is 6.09 Å². The van der Waals surface area contributed by atoms with E-state index in [1.807, 2.05) is 32.7 Å². The fourth-order valence-corrected chi connectivity index (χ4v) is 2.26. The molecule has 0 aromatic carbocycles. The van der Waals surface area contributed by atoms with E-state index in [2.05, 4.69) is 12.2 Å². The number of amides is 1. The molecule has 4 heteroatoms. The zero-order valence-electron chi connectivity index (χ0n) is 11.7. The van der Waals surface area contributed by atoms with Gasteiger partial charge in [0.2, 0.25) is 0 Å². The Morgan fingerprint density at radius 3 is 2.59 bits per heavy atom. The standard InChI is InChI=1S/C13H26N2O2/c1-6-11-9-10(14-5)7-8-15(11)12(16)17-13(2,3)4/h10-11,14H,6-9H2,1-5H3/t10-,11-/m0/s1. The van der Waals surface area contributed by atoms with Crippen molar-refractivity contribution in [2.45, 2.75) is 64.6 Å². The summed E-state index contributed by atoms with van der Waals surface area (Å²) >= 11 is 0. The van der Waals surface area contributed by atoms with Gasteiger partial charge >= 0.3 is 6.09 Å². The molecular weight excluding hydrogens is 216 g/mol. The van der Waals surface area contributed by atoms with Crippen molar-refractivity contribution in [2.75, 3.05) is 13.6 Å². The molecule has 100 valence electrons. The van der Waals surface area contributed by atoms with Crippen LogP contribution in [0.25, 0.3) is 0 Å². The van der Waals surface area contributed by atoms with Crippen molar-refractivity contribution in [3.8, 4) is 0 Å². The number of hydrogen-bond acceptors (Lipinski definition) is 3. The zero-order chi connectivity index (χ0) is 13.1. The summed E-state index contributed by atoms with van der Waals surface area (Å²) in [6.07, 6.45) is 2.84. The number of hydrogen-bond donors (Lipinski definition) is 1. The third-order valence-electron chi connectivity index (χ3n) is 3.22. The van der Waals surface area contributed by atoms with E-state index < -0.39 is 5.60 Å². The highest BCUT2D eigenvalue weighted by Crippen LogP contribution is 2.22. The Morgan fingerprint density at radius 1 is 1.47 bits per heavy atom. The predicted octanol–water partition coefficient (Wildman–Crippen LogP) is 2.38. The number of carbonyl (C=O) groups is 1. The van der Waals surface area contributed by atoms with Crippen LogP contribution in [0.1, 0.15) is 47.0 Å². The zero-order valence-corrected chi connectivity index (χ0v) is 11.7. The molecular formula is C13H26N2O2. The van der Waals surface area contributed by atoms with Gasteiger partial charge in [-0.15, -0.1) is 0 Å². The molecule has 1 rings (SSSR count). The highest BCUT2D eigenvalue weighted by atomic mass is 16.6. The maximum absolute atomic E-state index is 12.1. The van der Waals surface area contributed by atoms with Gasteiger partial charge < -0.3 is 15.0 Å². The molecule has 1 saturated heterocycles. The lowest BCUT2D eigenvalue weighted by Crippen LogP contribution is -2.51. The van der Waals surface area contributed by atoms with Gasteiger partial charge in [0.25, 0.3) is 0 Å². The molecule has 0 saturated carbocycles. The number of nitrogens with zero attached hydrogens (tertiary/aromatic N) is 1. The van der Waals surface area contributed by atoms with Crippen LogP contribution in [0.4, 0.5) is 4.79 Å². The van der Waals surface area contributed by atoms with Crippen molar-refractivity contribution in [1.82, 2.24) is 10.2 Å². The van der Waals surface area contributed by atoms with Crippen molar-refractivity contribution in [3.05, 3.63) is 0 Å². The maximum atomic E-state index is 12.1. The minimum atomic E-state index is -0.408. The van der Waals surface area contributed by atoms with E-state index in [9.17, 15) is 4.79 Å². The molecule has 1 fully saturated rings. The Labute approximate surface area is 105 Å². The van der Waals surface area contributed by atoms with Crippen LogP contribution >= 0.6 is 0 Å². The molecule has 0 aromatic heterocycles. The molecule has 0 spiro atoms. The van der Waals surface area contributed by atoms with Crippen LogP contribution in [-0.4, -0.2) is 42.3 Å². The maximum Gasteiger partial charge on any atom is 0.410 e. The van der Waals surface area contributed by atoms with E-state index >= 15 is 0 Å². The first kappa shape index (κ1) is 14.3. The van der Waals surface area contributed by atoms with Crippen LogP contribution in [0, 0.1) is 0 Å². The van der Waals surface area contributed by atoms with Crippen molar-refractivity contribution < 1.29 is 9.53 Å². The molecule has 0 aliphatic carbocycles. The summed E-state index contributed by atoms with van der Waals surface area (Å²) in [6.45, 7) is 8.64. The van der Waals surface area contributed by atoms with Gasteiger partial charge in [0.1, 0.15) is 5.60 Å². The topological polar surface area (TPSA) is 41.6 Å². The first-order chi connectivity index (χ1) is 7.87. The number of likely N-dealkylation sites (tertiary alicyclic amines) is 1. The molecule has 4 nitrogen and oxygen atoms in total. The Hall–Kier alpha value is -0.770. The lowest BCUT2D eigenvalue weighted by atomic mass is 9.96. The molecule has 0 aromatic rings. The van der Waals surface area contributed by atoms with Crippen molar-refractivity contribution in [2.24, 2.45) is 0 Å². The van der Waals surface area contributed by atoms with Gasteiger partial charge in [0.15, 0.2) is 0 Å². The van der Waals surface area contributed by atoms with E-state index in [1.165, 1.54) is 0 Å². The molecule has 0 radical (unpaired) electrons. The Balaban J connectivity index is 2.60. The summed E-state index contributed by atoms with van der Waals surface area (Å²) in [7, 11) is 1.99. The summed E-state index contributed by atoms with van der Waals surface area (Å²) in [6, 6.07) is 0.828. The number of carbonyl (C=O) groups excluding carboxylic acids is 1. The molecule has 1 heterocycles. The molecule has 1 N–H and O–H groups in total. The SMILES string of the molecule is CC[C@H]1C[C@@H](NC)CCN1C(=O)OC(C)(C)C. The van der Waals surface area contributed by atoms with E-state index in [0.717, 1.165) is 25.8 Å². The molecule has 2 atom stereocenters. The van der Waals surface area contributed by atoms with Gasteiger partial charge in [-0.05, 0) is 47.1 Å². The summed E-state index contributed by atoms with van der Waals surface area (Å²) in [5.74, 6) is 0. The summed E-state index contributed by atoms with van der Waals surface area (Å²) < 4.78 is 5.44. The van der Waals surface area contributed by atoms with E-state index in [-0.39, 0.29) is 6.09 Å². The summed E-state index contributed by atoms with van der Waals surface area (Å²) in [4.78, 5) is 13.9. The minimum Gasteiger partial charge on any atom is -0.444 e. The second-order valence-corrected chi connectivity index (χ2v) is 5.75. The second kappa shape index (κ2) is 5.71. The van der Waals surface area contributed by atoms with Crippen LogP contribution in [0.3, 0.4) is 0 Å². The van der Waals surface area contributed by atoms with Gasteiger partial charge in [0, 0.05) is 18.6 Å². The van der Waals surface area contributed by atoms with Crippen LogP contribution < -0.4 is 5.32 Å². The van der Waals surface area contributed by atoms with E-state index in [1.54, 1.807) is 0 Å². The normalized spacial score (nSPS) is 25.8. The molecule has 0 bridgehead atoms. The fraction of sp³-hybridized carbons (Fsp3) is 0.923. The largest absolute Gasteiger partial charge is 0.444 e. The predicted molar refractivity (Wildman–Crippen MR) is 69.1 cm³/mol. The van der Waals surface area contributed by atoms with Crippen molar-refractivity contribution in [3.63, 3.8) is 0 Å². The summed E-state index contributed by atoms with van der Waals surface area (Å²) in [5, 5.41) is 3.30. The molecule has 1 amide bonds. The lowest BCUT2D eigenvalue weighted by Gasteiger charge is -2.39. The van der Waals surface area contributed by atoms with Crippen LogP contribution in [0.2, 0.25) is 0 Å². The molecule has 17 heavy (non-hydrogen) atoms. The third kappa shape index (κ3) is 4.19. The molecule has 1 aliphatic rings. The van der Waals surface area contributed by atoms with Gasteiger partial charge in [-0.2, -0.15) is 0 Å².